The molecule has 1 unspecified atom stereocenters. The molecule has 5 rings (SSSR count). The van der Waals surface area contributed by atoms with Crippen molar-refractivity contribution in [3.05, 3.63) is 53.8 Å². The fourth-order valence-corrected chi connectivity index (χ4v) is 4.93. The number of likely N-dealkylation sites (tertiary alicyclic amines) is 1. The van der Waals surface area contributed by atoms with Gasteiger partial charge in [0.25, 0.3) is 0 Å². The lowest BCUT2D eigenvalue weighted by molar-refractivity contribution is -0.133. The molecule has 0 bridgehead atoms. The zero-order valence-corrected chi connectivity index (χ0v) is 20.1. The van der Waals surface area contributed by atoms with Crippen molar-refractivity contribution in [1.29, 1.82) is 0 Å². The number of rotatable bonds is 6. The van der Waals surface area contributed by atoms with Crippen LogP contribution in [-0.4, -0.2) is 45.4 Å². The van der Waals surface area contributed by atoms with Crippen LogP contribution in [0.1, 0.15) is 56.2 Å². The summed E-state index contributed by atoms with van der Waals surface area (Å²) in [6, 6.07) is 8.24. The third-order valence-corrected chi connectivity index (χ3v) is 6.93. The van der Waals surface area contributed by atoms with Gasteiger partial charge in [0.1, 0.15) is 0 Å². The van der Waals surface area contributed by atoms with Crippen molar-refractivity contribution in [2.75, 3.05) is 25.0 Å². The molecule has 0 radical (unpaired) electrons. The number of carbonyl (C=O) groups excluding carboxylic acids is 1. The molecule has 34 heavy (non-hydrogen) atoms. The van der Waals surface area contributed by atoms with Crippen LogP contribution in [-0.2, 0) is 11.3 Å². The maximum atomic E-state index is 12.4. The molecule has 0 spiro atoms. The van der Waals surface area contributed by atoms with Crippen LogP contribution < -0.4 is 10.6 Å². The number of amides is 1. The second-order valence-corrected chi connectivity index (χ2v) is 9.93. The number of piperidine rings is 1. The van der Waals surface area contributed by atoms with E-state index in [4.69, 9.17) is 4.42 Å². The maximum Gasteiger partial charge on any atom is 0.227 e. The van der Waals surface area contributed by atoms with Gasteiger partial charge in [0.2, 0.25) is 11.9 Å². The highest BCUT2D eigenvalue weighted by atomic mass is 16.4. The van der Waals surface area contributed by atoms with E-state index >= 15 is 0 Å². The number of nitrogens with zero attached hydrogens (tertiary/aromatic N) is 4. The van der Waals surface area contributed by atoms with Gasteiger partial charge in [0, 0.05) is 36.2 Å². The average molecular weight is 461 g/mol. The summed E-state index contributed by atoms with van der Waals surface area (Å²) < 4.78 is 6.28. The lowest BCUT2D eigenvalue weighted by atomic mass is 9.74. The maximum absolute atomic E-state index is 12.4. The van der Waals surface area contributed by atoms with E-state index in [1.807, 2.05) is 32.9 Å². The Hall–Kier alpha value is -3.26. The third-order valence-electron chi connectivity index (χ3n) is 6.93. The molecule has 2 aromatic heterocycles. The minimum Gasteiger partial charge on any atom is -0.440 e. The summed E-state index contributed by atoms with van der Waals surface area (Å²) in [5.41, 5.74) is 3.40. The van der Waals surface area contributed by atoms with Crippen LogP contribution in [0.25, 0.3) is 11.3 Å². The van der Waals surface area contributed by atoms with Gasteiger partial charge in [0.15, 0.2) is 11.7 Å². The molecule has 4 heterocycles. The molecular formula is C26H32N6O2. The van der Waals surface area contributed by atoms with Gasteiger partial charge in [-0.3, -0.25) is 9.69 Å². The molecule has 2 aliphatic heterocycles. The Morgan fingerprint density at radius 3 is 2.82 bits per heavy atom. The number of hydrogen-bond donors (Lipinski definition) is 2. The summed E-state index contributed by atoms with van der Waals surface area (Å²) in [5, 5.41) is 6.31. The number of benzene rings is 1. The van der Waals surface area contributed by atoms with Crippen LogP contribution in [0.4, 0.5) is 11.6 Å². The smallest absolute Gasteiger partial charge is 0.227 e. The number of nitrogens with one attached hydrogen (secondary N) is 2. The Balaban J connectivity index is 1.47. The lowest BCUT2D eigenvalue weighted by Crippen LogP contribution is -2.47. The Morgan fingerprint density at radius 1 is 1.21 bits per heavy atom. The topological polar surface area (TPSA) is 96.2 Å². The van der Waals surface area contributed by atoms with Crippen LogP contribution in [0.15, 0.2) is 41.1 Å². The molecule has 8 heteroatoms. The van der Waals surface area contributed by atoms with Crippen molar-refractivity contribution in [3.63, 3.8) is 0 Å². The van der Waals surface area contributed by atoms with Crippen LogP contribution in [0.2, 0.25) is 0 Å². The molecule has 2 N–H and O–H groups in total. The predicted octanol–water partition coefficient (Wildman–Crippen LogP) is 4.41. The second-order valence-electron chi connectivity index (χ2n) is 9.93. The van der Waals surface area contributed by atoms with Crippen LogP contribution in [0.5, 0.6) is 0 Å². The molecule has 0 saturated carbocycles. The second kappa shape index (κ2) is 9.18. The van der Waals surface area contributed by atoms with E-state index in [1.54, 1.807) is 12.4 Å². The molecule has 2 saturated heterocycles. The first kappa shape index (κ1) is 22.5. The van der Waals surface area contributed by atoms with Crippen LogP contribution in [0.3, 0.4) is 0 Å². The van der Waals surface area contributed by atoms with Gasteiger partial charge >= 0.3 is 0 Å². The van der Waals surface area contributed by atoms with E-state index in [9.17, 15) is 4.79 Å². The van der Waals surface area contributed by atoms with Gasteiger partial charge in [-0.15, -0.1) is 0 Å². The monoisotopic (exact) mass is 460 g/mol. The molecule has 2 fully saturated rings. The highest BCUT2D eigenvalue weighted by Gasteiger charge is 2.43. The first-order chi connectivity index (χ1) is 16.4. The molecule has 2 aliphatic rings. The lowest BCUT2D eigenvalue weighted by Gasteiger charge is -2.35. The fourth-order valence-electron chi connectivity index (χ4n) is 4.93. The van der Waals surface area contributed by atoms with Gasteiger partial charge in [-0.1, -0.05) is 13.8 Å². The van der Waals surface area contributed by atoms with Crippen molar-refractivity contribution < 1.29 is 9.21 Å². The van der Waals surface area contributed by atoms with Gasteiger partial charge < -0.3 is 15.1 Å². The molecule has 1 atom stereocenters. The zero-order chi connectivity index (χ0) is 23.7. The fraction of sp³-hybridized carbons (Fsp3) is 0.462. The number of carbonyl (C=O) groups is 1. The van der Waals surface area contributed by atoms with Gasteiger partial charge in [-0.05, 0) is 69.1 Å². The summed E-state index contributed by atoms with van der Waals surface area (Å²) >= 11 is 0. The summed E-state index contributed by atoms with van der Waals surface area (Å²) in [4.78, 5) is 28.3. The first-order valence-electron chi connectivity index (χ1n) is 12.1. The van der Waals surface area contributed by atoms with E-state index < -0.39 is 5.41 Å². The third kappa shape index (κ3) is 4.68. The SMILES string of the molecule is Cc1ccnc(Nc2cc(CN3CCCC3)cc(-c3cnc(C4CCNC(=O)C4(C)C)o3)c2)n1. The van der Waals surface area contributed by atoms with Crippen molar-refractivity contribution in [3.8, 4) is 11.3 Å². The van der Waals surface area contributed by atoms with Crippen LogP contribution in [0, 0.1) is 12.3 Å². The van der Waals surface area contributed by atoms with E-state index in [0.717, 1.165) is 43.0 Å². The number of anilines is 2. The summed E-state index contributed by atoms with van der Waals surface area (Å²) in [5.74, 6) is 1.88. The standard InChI is InChI=1S/C26H32N6O2/c1-17-6-8-28-25(30-17)31-20-13-18(16-32-10-4-5-11-32)12-19(14-20)22-15-29-23(34-22)21-7-9-27-24(33)26(21,2)3/h6,8,12-15,21H,4-5,7,9-11,16H2,1-3H3,(H,27,33)(H,28,30,31). The molecule has 1 aromatic carbocycles. The normalized spacial score (nSPS) is 20.3. The summed E-state index contributed by atoms with van der Waals surface area (Å²) in [6.45, 7) is 9.63. The molecule has 1 amide bonds. The van der Waals surface area contributed by atoms with Crippen molar-refractivity contribution in [2.24, 2.45) is 5.41 Å². The number of hydrogen-bond acceptors (Lipinski definition) is 7. The Morgan fingerprint density at radius 2 is 2.03 bits per heavy atom. The minimum atomic E-state index is -0.562. The Kier molecular flexibility index (Phi) is 6.08. The summed E-state index contributed by atoms with van der Waals surface area (Å²) in [7, 11) is 0. The number of oxazole rings is 1. The van der Waals surface area contributed by atoms with Gasteiger partial charge in [0.05, 0.1) is 17.5 Å². The molecular weight excluding hydrogens is 428 g/mol. The number of aromatic nitrogens is 3. The molecule has 8 nitrogen and oxygen atoms in total. The van der Waals surface area contributed by atoms with Crippen molar-refractivity contribution in [1.82, 2.24) is 25.2 Å². The van der Waals surface area contributed by atoms with Gasteiger partial charge in [-0.2, -0.15) is 0 Å². The van der Waals surface area contributed by atoms with E-state index in [1.165, 1.54) is 18.4 Å². The Bertz CT molecular complexity index is 1180. The molecule has 0 aliphatic carbocycles. The Labute approximate surface area is 200 Å². The summed E-state index contributed by atoms with van der Waals surface area (Å²) in [6.07, 6.45) is 6.84. The highest BCUT2D eigenvalue weighted by Crippen LogP contribution is 2.41. The van der Waals surface area contributed by atoms with E-state index in [-0.39, 0.29) is 11.8 Å². The minimum absolute atomic E-state index is 0.0424. The van der Waals surface area contributed by atoms with Gasteiger partial charge in [-0.25, -0.2) is 15.0 Å². The zero-order valence-electron chi connectivity index (χ0n) is 20.1. The highest BCUT2D eigenvalue weighted by molar-refractivity contribution is 5.83. The molecule has 178 valence electrons. The largest absolute Gasteiger partial charge is 0.440 e. The quantitative estimate of drug-likeness (QED) is 0.562. The predicted molar refractivity (Wildman–Crippen MR) is 131 cm³/mol. The molecule has 3 aromatic rings. The van der Waals surface area contributed by atoms with Crippen LogP contribution >= 0.6 is 0 Å². The van der Waals surface area contributed by atoms with Crippen molar-refractivity contribution in [2.45, 2.75) is 52.5 Å². The van der Waals surface area contributed by atoms with E-state index in [0.29, 0.717) is 24.1 Å². The van der Waals surface area contributed by atoms with E-state index in [2.05, 4.69) is 42.6 Å². The first-order valence-corrected chi connectivity index (χ1v) is 12.1. The van der Waals surface area contributed by atoms with Crippen molar-refractivity contribution >= 4 is 17.5 Å². The number of aryl methyl sites for hydroxylation is 1. The average Bonchev–Trinajstić information content (AvgIpc) is 3.48.